The van der Waals surface area contributed by atoms with Crippen molar-refractivity contribution in [3.8, 4) is 0 Å². The molecule has 0 fully saturated rings. The van der Waals surface area contributed by atoms with Crippen LogP contribution >= 0.6 is 0 Å². The molecule has 0 aromatic heterocycles. The maximum Gasteiger partial charge on any atom is 0.276 e. The highest BCUT2D eigenvalue weighted by Crippen LogP contribution is 2.20. The molecule has 0 spiro atoms. The van der Waals surface area contributed by atoms with Crippen molar-refractivity contribution in [3.05, 3.63) is 45.8 Å². The molecule has 1 rings (SSSR count). The normalized spacial score (nSPS) is 10.6. The van der Waals surface area contributed by atoms with Gasteiger partial charge in [0, 0.05) is 6.07 Å². The number of nitro groups is 1. The summed E-state index contributed by atoms with van der Waals surface area (Å²) in [4.78, 5) is 9.92. The number of allylic oxidation sites excluding steroid dienone is 1. The Balaban J connectivity index is 3.26. The quantitative estimate of drug-likeness (QED) is 0.520. The van der Waals surface area contributed by atoms with Gasteiger partial charge in [0.25, 0.3) is 5.69 Å². The lowest BCUT2D eigenvalue weighted by Gasteiger charge is -1.96. The van der Waals surface area contributed by atoms with Crippen molar-refractivity contribution in [3.63, 3.8) is 0 Å². The van der Waals surface area contributed by atoms with Crippen LogP contribution < -0.4 is 0 Å². The van der Waals surface area contributed by atoms with Gasteiger partial charge in [-0.25, -0.2) is 4.39 Å². The van der Waals surface area contributed by atoms with Gasteiger partial charge in [-0.2, -0.15) is 0 Å². The first-order chi connectivity index (χ1) is 6.15. The molecular formula is C9H8FNO2. The summed E-state index contributed by atoms with van der Waals surface area (Å²) in [6.07, 6.45) is 3.13. The number of hydrogen-bond acceptors (Lipinski definition) is 2. The molecule has 0 bridgehead atoms. The van der Waals surface area contributed by atoms with Crippen molar-refractivity contribution in [2.45, 2.75) is 6.92 Å². The van der Waals surface area contributed by atoms with Gasteiger partial charge >= 0.3 is 0 Å². The summed E-state index contributed by atoms with van der Waals surface area (Å²) >= 11 is 0. The third-order valence-corrected chi connectivity index (χ3v) is 1.53. The number of halogens is 1. The van der Waals surface area contributed by atoms with Gasteiger partial charge in [-0.3, -0.25) is 10.1 Å². The topological polar surface area (TPSA) is 43.1 Å². The fourth-order valence-electron chi connectivity index (χ4n) is 1.00. The minimum Gasteiger partial charge on any atom is -0.258 e. The summed E-state index contributed by atoms with van der Waals surface area (Å²) in [5.74, 6) is -0.473. The average molecular weight is 181 g/mol. The summed E-state index contributed by atoms with van der Waals surface area (Å²) in [6.45, 7) is 1.72. The summed E-state index contributed by atoms with van der Waals surface area (Å²) in [5, 5.41) is 10.5. The molecule has 0 saturated carbocycles. The molecule has 4 heteroatoms. The minimum absolute atomic E-state index is 0.0838. The van der Waals surface area contributed by atoms with Gasteiger partial charge in [0.1, 0.15) is 5.82 Å². The highest BCUT2D eigenvalue weighted by Gasteiger charge is 2.11. The van der Waals surface area contributed by atoms with E-state index < -0.39 is 10.7 Å². The zero-order valence-electron chi connectivity index (χ0n) is 7.03. The molecule has 0 unspecified atom stereocenters. The van der Waals surface area contributed by atoms with Crippen LogP contribution in [-0.4, -0.2) is 4.92 Å². The number of benzene rings is 1. The van der Waals surface area contributed by atoms with Crippen LogP contribution in [0.1, 0.15) is 12.5 Å². The van der Waals surface area contributed by atoms with Crippen molar-refractivity contribution >= 4 is 11.8 Å². The van der Waals surface area contributed by atoms with Crippen LogP contribution in [0.3, 0.4) is 0 Å². The van der Waals surface area contributed by atoms with E-state index >= 15 is 0 Å². The average Bonchev–Trinajstić information content (AvgIpc) is 2.04. The van der Waals surface area contributed by atoms with Gasteiger partial charge in [0.15, 0.2) is 0 Å². The number of rotatable bonds is 2. The van der Waals surface area contributed by atoms with E-state index in [4.69, 9.17) is 0 Å². The van der Waals surface area contributed by atoms with Crippen LogP contribution in [0, 0.1) is 15.9 Å². The maximum absolute atomic E-state index is 12.7. The molecule has 1 aromatic rings. The monoisotopic (exact) mass is 181 g/mol. The Kier molecular flexibility index (Phi) is 2.74. The first-order valence-electron chi connectivity index (χ1n) is 3.72. The van der Waals surface area contributed by atoms with E-state index in [1.165, 1.54) is 6.08 Å². The van der Waals surface area contributed by atoms with Crippen LogP contribution in [0.2, 0.25) is 0 Å². The van der Waals surface area contributed by atoms with E-state index in [1.54, 1.807) is 13.0 Å². The molecular weight excluding hydrogens is 173 g/mol. The predicted octanol–water partition coefficient (Wildman–Crippen LogP) is 2.77. The van der Waals surface area contributed by atoms with Gasteiger partial charge in [-0.1, -0.05) is 12.2 Å². The largest absolute Gasteiger partial charge is 0.276 e. The molecule has 0 radical (unpaired) electrons. The third-order valence-electron chi connectivity index (χ3n) is 1.53. The minimum atomic E-state index is -0.533. The zero-order chi connectivity index (χ0) is 9.84. The van der Waals surface area contributed by atoms with Crippen molar-refractivity contribution in [2.24, 2.45) is 0 Å². The van der Waals surface area contributed by atoms with E-state index in [2.05, 4.69) is 0 Å². The second-order valence-electron chi connectivity index (χ2n) is 2.46. The molecule has 0 heterocycles. The molecule has 68 valence electrons. The first kappa shape index (κ1) is 9.38. The Labute approximate surface area is 74.7 Å². The van der Waals surface area contributed by atoms with E-state index in [1.807, 2.05) is 0 Å². The third kappa shape index (κ3) is 2.11. The van der Waals surface area contributed by atoms with Crippen molar-refractivity contribution in [1.29, 1.82) is 0 Å². The lowest BCUT2D eigenvalue weighted by Crippen LogP contribution is -1.91. The molecule has 13 heavy (non-hydrogen) atoms. The van der Waals surface area contributed by atoms with E-state index in [-0.39, 0.29) is 11.3 Å². The molecule has 0 N–H and O–H groups in total. The first-order valence-corrected chi connectivity index (χ1v) is 3.72. The highest BCUT2D eigenvalue weighted by molar-refractivity contribution is 5.60. The maximum atomic E-state index is 12.7. The lowest BCUT2D eigenvalue weighted by molar-refractivity contribution is -0.385. The van der Waals surface area contributed by atoms with Crippen LogP contribution in [-0.2, 0) is 0 Å². The smallest absolute Gasteiger partial charge is 0.258 e. The highest BCUT2D eigenvalue weighted by atomic mass is 19.1. The van der Waals surface area contributed by atoms with Gasteiger partial charge < -0.3 is 0 Å². The SMILES string of the molecule is CC=Cc1cc(F)ccc1[N+](=O)[O-]. The van der Waals surface area contributed by atoms with Gasteiger partial charge in [0.05, 0.1) is 10.5 Å². The fraction of sp³-hybridized carbons (Fsp3) is 0.111. The summed E-state index contributed by atoms with van der Waals surface area (Å²) in [6, 6.07) is 3.37. The molecule has 0 aliphatic carbocycles. The van der Waals surface area contributed by atoms with Crippen LogP contribution in [0.25, 0.3) is 6.08 Å². The fourth-order valence-corrected chi connectivity index (χ4v) is 1.00. The standard InChI is InChI=1S/C9H8FNO2/c1-2-3-7-6-8(10)4-5-9(7)11(12)13/h2-6H,1H3. The van der Waals surface area contributed by atoms with E-state index in [0.717, 1.165) is 18.2 Å². The van der Waals surface area contributed by atoms with E-state index in [0.29, 0.717) is 0 Å². The molecule has 0 amide bonds. The second kappa shape index (κ2) is 3.80. The molecule has 0 atom stereocenters. The zero-order valence-corrected chi connectivity index (χ0v) is 7.03. The van der Waals surface area contributed by atoms with E-state index in [9.17, 15) is 14.5 Å². The lowest BCUT2D eigenvalue weighted by atomic mass is 10.1. The Morgan fingerprint density at radius 2 is 2.23 bits per heavy atom. The molecule has 3 nitrogen and oxygen atoms in total. The molecule has 0 aliphatic heterocycles. The summed E-state index contributed by atoms with van der Waals surface area (Å²) < 4.78 is 12.7. The molecule has 0 saturated heterocycles. The van der Waals surface area contributed by atoms with Crippen molar-refractivity contribution < 1.29 is 9.31 Å². The number of nitrogens with zero attached hydrogens (tertiary/aromatic N) is 1. The molecule has 1 aromatic carbocycles. The van der Waals surface area contributed by atoms with Crippen LogP contribution in [0.15, 0.2) is 24.3 Å². The van der Waals surface area contributed by atoms with Gasteiger partial charge in [-0.05, 0) is 19.1 Å². The predicted molar refractivity (Wildman–Crippen MR) is 47.8 cm³/mol. The van der Waals surface area contributed by atoms with Crippen LogP contribution in [0.5, 0.6) is 0 Å². The van der Waals surface area contributed by atoms with Crippen molar-refractivity contribution in [1.82, 2.24) is 0 Å². The van der Waals surface area contributed by atoms with Crippen molar-refractivity contribution in [2.75, 3.05) is 0 Å². The van der Waals surface area contributed by atoms with Gasteiger partial charge in [-0.15, -0.1) is 0 Å². The van der Waals surface area contributed by atoms with Crippen LogP contribution in [0.4, 0.5) is 10.1 Å². The number of nitro benzene ring substituents is 1. The Morgan fingerprint density at radius 3 is 2.77 bits per heavy atom. The Bertz CT molecular complexity index is 361. The second-order valence-corrected chi connectivity index (χ2v) is 2.46. The van der Waals surface area contributed by atoms with Gasteiger partial charge in [0.2, 0.25) is 0 Å². The summed E-state index contributed by atoms with van der Waals surface area (Å²) in [5.41, 5.74) is 0.201. The molecule has 0 aliphatic rings. The Hall–Kier alpha value is -1.71. The number of hydrogen-bond donors (Lipinski definition) is 0. The summed E-state index contributed by atoms with van der Waals surface area (Å²) in [7, 11) is 0. The Morgan fingerprint density at radius 1 is 1.54 bits per heavy atom.